The lowest BCUT2D eigenvalue weighted by Crippen LogP contribution is -2.52. The maximum Gasteiger partial charge on any atom is 0.262 e. The fourth-order valence-corrected chi connectivity index (χ4v) is 4.77. The number of nitrogens with zero attached hydrogens (tertiary/aromatic N) is 2. The van der Waals surface area contributed by atoms with Gasteiger partial charge in [0.1, 0.15) is 16.7 Å². The molecule has 2 aliphatic rings. The average molecular weight is 404 g/mol. The van der Waals surface area contributed by atoms with Gasteiger partial charge in [-0.05, 0) is 13.0 Å². The minimum Gasteiger partial charge on any atom is -0.482 e. The number of anilines is 1. The monoisotopic (exact) mass is 403 g/mol. The molecule has 2 N–H and O–H groups in total. The minimum atomic E-state index is -3.90. The van der Waals surface area contributed by atoms with Crippen LogP contribution in [0.1, 0.15) is 6.92 Å². The number of sulfonamides is 1. The van der Waals surface area contributed by atoms with Crippen LogP contribution < -0.4 is 10.1 Å². The van der Waals surface area contributed by atoms with Gasteiger partial charge in [0, 0.05) is 32.2 Å². The zero-order chi connectivity index (χ0) is 19.1. The van der Waals surface area contributed by atoms with Gasteiger partial charge in [0.25, 0.3) is 11.8 Å². The van der Waals surface area contributed by atoms with Crippen LogP contribution in [0.25, 0.3) is 0 Å². The summed E-state index contributed by atoms with van der Waals surface area (Å²) in [6.07, 6.45) is -1.12. The molecule has 0 unspecified atom stereocenters. The number of halogens is 1. The molecule has 2 amide bonds. The summed E-state index contributed by atoms with van der Waals surface area (Å²) >= 11 is 6.12. The van der Waals surface area contributed by atoms with Crippen molar-refractivity contribution >= 4 is 39.1 Å². The smallest absolute Gasteiger partial charge is 0.262 e. The molecule has 2 heterocycles. The predicted molar refractivity (Wildman–Crippen MR) is 92.6 cm³/mol. The molecule has 11 heteroatoms. The molecule has 1 aromatic carbocycles. The van der Waals surface area contributed by atoms with Gasteiger partial charge in [-0.15, -0.1) is 0 Å². The lowest BCUT2D eigenvalue weighted by atomic mass is 10.2. The van der Waals surface area contributed by atoms with E-state index in [9.17, 15) is 23.1 Å². The van der Waals surface area contributed by atoms with Gasteiger partial charge in [0.2, 0.25) is 10.0 Å². The number of rotatable bonds is 3. The minimum absolute atomic E-state index is 0.0305. The third kappa shape index (κ3) is 3.50. The van der Waals surface area contributed by atoms with Gasteiger partial charge in [0.15, 0.2) is 6.61 Å². The first-order valence-electron chi connectivity index (χ1n) is 7.93. The molecule has 3 rings (SSSR count). The van der Waals surface area contributed by atoms with Crippen molar-refractivity contribution in [1.29, 1.82) is 0 Å². The molecule has 1 aromatic rings. The second-order valence-corrected chi connectivity index (χ2v) is 8.33. The Labute approximate surface area is 155 Å². The Kier molecular flexibility index (Phi) is 5.11. The Hall–Kier alpha value is -1.88. The van der Waals surface area contributed by atoms with Crippen molar-refractivity contribution in [3.05, 3.63) is 17.2 Å². The third-order valence-corrected chi connectivity index (χ3v) is 6.56. The summed E-state index contributed by atoms with van der Waals surface area (Å²) in [6, 6.07) is 2.63. The van der Waals surface area contributed by atoms with Crippen molar-refractivity contribution in [2.24, 2.45) is 0 Å². The van der Waals surface area contributed by atoms with E-state index < -0.39 is 22.0 Å². The van der Waals surface area contributed by atoms with Crippen molar-refractivity contribution in [3.63, 3.8) is 0 Å². The molecule has 0 radical (unpaired) electrons. The van der Waals surface area contributed by atoms with E-state index in [4.69, 9.17) is 16.3 Å². The number of carbonyl (C=O) groups excluding carboxylic acids is 2. The number of fused-ring (bicyclic) bond motifs is 1. The van der Waals surface area contributed by atoms with E-state index >= 15 is 0 Å². The highest BCUT2D eigenvalue weighted by atomic mass is 35.5. The largest absolute Gasteiger partial charge is 0.482 e. The summed E-state index contributed by atoms with van der Waals surface area (Å²) in [5.41, 5.74) is 0.317. The Bertz CT molecular complexity index is 849. The molecule has 1 fully saturated rings. The number of aliphatic hydroxyl groups excluding tert-OH is 1. The van der Waals surface area contributed by atoms with Crippen LogP contribution in [0.5, 0.6) is 5.75 Å². The van der Waals surface area contributed by atoms with Gasteiger partial charge in [-0.3, -0.25) is 9.59 Å². The van der Waals surface area contributed by atoms with Crippen LogP contribution >= 0.6 is 11.6 Å². The predicted octanol–water partition coefficient (Wildman–Crippen LogP) is -0.115. The Morgan fingerprint density at radius 2 is 1.96 bits per heavy atom. The highest BCUT2D eigenvalue weighted by molar-refractivity contribution is 7.89. The number of nitrogens with one attached hydrogen (secondary N) is 1. The van der Waals surface area contributed by atoms with Gasteiger partial charge >= 0.3 is 0 Å². The Balaban J connectivity index is 1.81. The van der Waals surface area contributed by atoms with E-state index in [0.29, 0.717) is 5.69 Å². The SMILES string of the molecule is C[C@H](O)C(=O)N1CCN(S(=O)(=O)c2cc3c(cc2Cl)NC(=O)CO3)CC1. The fourth-order valence-electron chi connectivity index (χ4n) is 2.83. The first-order chi connectivity index (χ1) is 12.2. The van der Waals surface area contributed by atoms with Gasteiger partial charge < -0.3 is 20.1 Å². The van der Waals surface area contributed by atoms with E-state index in [2.05, 4.69) is 5.32 Å². The summed E-state index contributed by atoms with van der Waals surface area (Å²) < 4.78 is 32.3. The maximum absolute atomic E-state index is 12.9. The topological polar surface area (TPSA) is 116 Å². The standard InChI is InChI=1S/C15H18ClN3O6S/c1-9(20)15(22)18-2-4-19(5-3-18)26(23,24)13-7-12-11(6-10(13)16)17-14(21)8-25-12/h6-7,9,20H,2-5,8H2,1H3,(H,17,21)/t9-/m0/s1. The molecule has 142 valence electrons. The average Bonchev–Trinajstić information content (AvgIpc) is 2.60. The highest BCUT2D eigenvalue weighted by Gasteiger charge is 2.33. The van der Waals surface area contributed by atoms with Crippen LogP contribution in [0.3, 0.4) is 0 Å². The molecule has 1 saturated heterocycles. The number of hydrogen-bond acceptors (Lipinski definition) is 6. The fraction of sp³-hybridized carbons (Fsp3) is 0.467. The summed E-state index contributed by atoms with van der Waals surface area (Å²) in [7, 11) is -3.90. The van der Waals surface area contributed by atoms with E-state index in [1.165, 1.54) is 28.3 Å². The van der Waals surface area contributed by atoms with Crippen LogP contribution in [0, 0.1) is 0 Å². The number of aliphatic hydroxyl groups is 1. The normalized spacial score (nSPS) is 19.3. The lowest BCUT2D eigenvalue weighted by Gasteiger charge is -2.34. The molecule has 9 nitrogen and oxygen atoms in total. The first kappa shape index (κ1) is 18.9. The molecule has 1 atom stereocenters. The summed E-state index contributed by atoms with van der Waals surface area (Å²) in [5, 5.41) is 11.9. The molecule has 26 heavy (non-hydrogen) atoms. The Morgan fingerprint density at radius 3 is 2.58 bits per heavy atom. The van der Waals surface area contributed by atoms with Crippen molar-refractivity contribution < 1.29 is 27.9 Å². The van der Waals surface area contributed by atoms with Crippen LogP contribution in [-0.2, 0) is 19.6 Å². The van der Waals surface area contributed by atoms with E-state index in [1.54, 1.807) is 0 Å². The molecular formula is C15H18ClN3O6S. The van der Waals surface area contributed by atoms with E-state index in [-0.39, 0.29) is 54.4 Å². The molecular weight excluding hydrogens is 386 g/mol. The Morgan fingerprint density at radius 1 is 1.31 bits per heavy atom. The molecule has 0 aliphatic carbocycles. The third-order valence-electron chi connectivity index (χ3n) is 4.19. The van der Waals surface area contributed by atoms with E-state index in [0.717, 1.165) is 0 Å². The van der Waals surface area contributed by atoms with E-state index in [1.807, 2.05) is 0 Å². The quantitative estimate of drug-likeness (QED) is 0.727. The number of amides is 2. The number of benzene rings is 1. The first-order valence-corrected chi connectivity index (χ1v) is 9.75. The van der Waals surface area contributed by atoms with Crippen LogP contribution in [-0.4, -0.2) is 73.4 Å². The number of ether oxygens (including phenoxy) is 1. The van der Waals surface area contributed by atoms with Gasteiger partial charge in [-0.25, -0.2) is 8.42 Å². The summed E-state index contributed by atoms with van der Waals surface area (Å²) in [4.78, 5) is 24.4. The van der Waals surface area contributed by atoms with Crippen molar-refractivity contribution in [2.45, 2.75) is 17.9 Å². The van der Waals surface area contributed by atoms with Crippen LogP contribution in [0.15, 0.2) is 17.0 Å². The zero-order valence-electron chi connectivity index (χ0n) is 13.9. The van der Waals surface area contributed by atoms with Crippen molar-refractivity contribution in [3.8, 4) is 5.75 Å². The van der Waals surface area contributed by atoms with Gasteiger partial charge in [-0.1, -0.05) is 11.6 Å². The maximum atomic E-state index is 12.9. The van der Waals surface area contributed by atoms with Crippen LogP contribution in [0.2, 0.25) is 5.02 Å². The van der Waals surface area contributed by atoms with Crippen LogP contribution in [0.4, 0.5) is 5.69 Å². The van der Waals surface area contributed by atoms with Gasteiger partial charge in [-0.2, -0.15) is 4.31 Å². The molecule has 0 aromatic heterocycles. The number of carbonyl (C=O) groups is 2. The van der Waals surface area contributed by atoms with Gasteiger partial charge in [0.05, 0.1) is 10.7 Å². The summed E-state index contributed by atoms with van der Waals surface area (Å²) in [5.74, 6) is -0.545. The second kappa shape index (κ2) is 7.03. The number of hydrogen-bond donors (Lipinski definition) is 2. The highest BCUT2D eigenvalue weighted by Crippen LogP contribution is 2.36. The zero-order valence-corrected chi connectivity index (χ0v) is 15.5. The molecule has 0 saturated carbocycles. The van der Waals surface area contributed by atoms with Crippen molar-refractivity contribution in [1.82, 2.24) is 9.21 Å². The molecule has 2 aliphatic heterocycles. The van der Waals surface area contributed by atoms with Crippen molar-refractivity contribution in [2.75, 3.05) is 38.1 Å². The molecule has 0 bridgehead atoms. The lowest BCUT2D eigenvalue weighted by molar-refractivity contribution is -0.140. The summed E-state index contributed by atoms with van der Waals surface area (Å²) in [6.45, 7) is 1.71. The second-order valence-electron chi connectivity index (χ2n) is 6.02. The molecule has 0 spiro atoms. The number of piperazine rings is 1.